The van der Waals surface area contributed by atoms with Crippen molar-refractivity contribution in [2.45, 2.75) is 31.6 Å². The first kappa shape index (κ1) is 12.9. The van der Waals surface area contributed by atoms with E-state index in [9.17, 15) is 13.2 Å². The molecule has 0 unspecified atom stereocenters. The van der Waals surface area contributed by atoms with Crippen LogP contribution in [-0.4, -0.2) is 23.7 Å². The van der Waals surface area contributed by atoms with Gasteiger partial charge in [-0.05, 0) is 30.5 Å². The molecular weight excluding hydrogens is 241 g/mol. The molecule has 2 nitrogen and oxygen atoms in total. The molecule has 2 rings (SSSR count). The van der Waals surface area contributed by atoms with Crippen LogP contribution >= 0.6 is 0 Å². The highest BCUT2D eigenvalue weighted by atomic mass is 19.4. The zero-order valence-electron chi connectivity index (χ0n) is 9.74. The van der Waals surface area contributed by atoms with Crippen LogP contribution in [0.1, 0.15) is 24.0 Å². The number of halogens is 3. The SMILES string of the molecule is N#Cc1ccc(CN(CC(F)(F)F)C2CC2)cc1. The smallest absolute Gasteiger partial charge is 0.288 e. The highest BCUT2D eigenvalue weighted by Crippen LogP contribution is 2.31. The summed E-state index contributed by atoms with van der Waals surface area (Å²) in [7, 11) is 0. The Bertz CT molecular complexity index is 441. The van der Waals surface area contributed by atoms with E-state index >= 15 is 0 Å². The van der Waals surface area contributed by atoms with Gasteiger partial charge in [0.2, 0.25) is 0 Å². The number of hydrogen-bond acceptors (Lipinski definition) is 2. The fraction of sp³-hybridized carbons (Fsp3) is 0.462. The Morgan fingerprint density at radius 1 is 1.22 bits per heavy atom. The Morgan fingerprint density at radius 3 is 2.28 bits per heavy atom. The van der Waals surface area contributed by atoms with Gasteiger partial charge in [0.25, 0.3) is 0 Å². The molecule has 1 fully saturated rings. The first-order valence-corrected chi connectivity index (χ1v) is 5.78. The minimum Gasteiger partial charge on any atom is -0.288 e. The summed E-state index contributed by atoms with van der Waals surface area (Å²) in [6.07, 6.45) is -2.48. The quantitative estimate of drug-likeness (QED) is 0.825. The van der Waals surface area contributed by atoms with Crippen LogP contribution in [-0.2, 0) is 6.54 Å². The molecule has 1 aliphatic carbocycles. The molecule has 0 aromatic heterocycles. The molecule has 0 aliphatic heterocycles. The van der Waals surface area contributed by atoms with Crippen molar-refractivity contribution in [1.82, 2.24) is 4.90 Å². The van der Waals surface area contributed by atoms with Crippen LogP contribution in [0, 0.1) is 11.3 Å². The third kappa shape index (κ3) is 3.74. The zero-order chi connectivity index (χ0) is 13.2. The lowest BCUT2D eigenvalue weighted by molar-refractivity contribution is -0.148. The average molecular weight is 254 g/mol. The van der Waals surface area contributed by atoms with Crippen molar-refractivity contribution >= 4 is 0 Å². The van der Waals surface area contributed by atoms with Crippen LogP contribution in [0.2, 0.25) is 0 Å². The molecule has 0 amide bonds. The van der Waals surface area contributed by atoms with Crippen molar-refractivity contribution in [2.24, 2.45) is 0 Å². The highest BCUT2D eigenvalue weighted by Gasteiger charge is 2.37. The minimum atomic E-state index is -4.16. The second-order valence-electron chi connectivity index (χ2n) is 4.56. The molecule has 5 heteroatoms. The Kier molecular flexibility index (Phi) is 3.58. The van der Waals surface area contributed by atoms with E-state index in [0.29, 0.717) is 5.56 Å². The van der Waals surface area contributed by atoms with Crippen LogP contribution in [0.3, 0.4) is 0 Å². The summed E-state index contributed by atoms with van der Waals surface area (Å²) in [6.45, 7) is -0.576. The monoisotopic (exact) mass is 254 g/mol. The predicted molar refractivity (Wildman–Crippen MR) is 60.6 cm³/mol. The number of alkyl halides is 3. The van der Waals surface area contributed by atoms with Gasteiger partial charge < -0.3 is 0 Å². The molecule has 18 heavy (non-hydrogen) atoms. The van der Waals surface area contributed by atoms with Gasteiger partial charge in [-0.2, -0.15) is 18.4 Å². The van der Waals surface area contributed by atoms with E-state index in [2.05, 4.69) is 0 Å². The summed E-state index contributed by atoms with van der Waals surface area (Å²) in [6, 6.07) is 8.74. The van der Waals surface area contributed by atoms with Crippen LogP contribution < -0.4 is 0 Å². The van der Waals surface area contributed by atoms with E-state index in [-0.39, 0.29) is 12.6 Å². The highest BCUT2D eigenvalue weighted by molar-refractivity contribution is 5.31. The number of hydrogen-bond donors (Lipinski definition) is 0. The Labute approximate surface area is 104 Å². The Balaban J connectivity index is 2.02. The lowest BCUT2D eigenvalue weighted by Gasteiger charge is -2.23. The maximum atomic E-state index is 12.4. The normalized spacial score (nSPS) is 15.7. The predicted octanol–water partition coefficient (Wildman–Crippen LogP) is 3.08. The molecule has 96 valence electrons. The summed E-state index contributed by atoms with van der Waals surface area (Å²) in [5.74, 6) is 0. The minimum absolute atomic E-state index is 0.0577. The first-order valence-electron chi connectivity index (χ1n) is 5.78. The van der Waals surface area contributed by atoms with E-state index < -0.39 is 12.7 Å². The molecule has 0 heterocycles. The molecule has 1 aromatic rings. The summed E-state index contributed by atoms with van der Waals surface area (Å²) < 4.78 is 37.3. The van der Waals surface area contributed by atoms with Gasteiger partial charge in [0.1, 0.15) is 0 Å². The number of benzene rings is 1. The van der Waals surface area contributed by atoms with Gasteiger partial charge in [-0.25, -0.2) is 0 Å². The fourth-order valence-corrected chi connectivity index (χ4v) is 1.90. The topological polar surface area (TPSA) is 27.0 Å². The average Bonchev–Trinajstić information content (AvgIpc) is 3.11. The molecule has 0 N–H and O–H groups in total. The van der Waals surface area contributed by atoms with Crippen molar-refractivity contribution in [3.63, 3.8) is 0 Å². The molecule has 0 atom stereocenters. The van der Waals surface area contributed by atoms with E-state index in [1.807, 2.05) is 6.07 Å². The lowest BCUT2D eigenvalue weighted by Crippen LogP contribution is -2.35. The van der Waals surface area contributed by atoms with Gasteiger partial charge in [0, 0.05) is 12.6 Å². The summed E-state index contributed by atoms with van der Waals surface area (Å²) in [4.78, 5) is 1.46. The lowest BCUT2D eigenvalue weighted by atomic mass is 10.1. The first-order chi connectivity index (χ1) is 8.48. The fourth-order valence-electron chi connectivity index (χ4n) is 1.90. The standard InChI is InChI=1S/C13H13F3N2/c14-13(15,16)9-18(12-5-6-12)8-11-3-1-10(7-17)2-4-11/h1-4,12H,5-6,8-9H2. The molecule has 0 bridgehead atoms. The van der Waals surface area contributed by atoms with Gasteiger partial charge >= 0.3 is 6.18 Å². The maximum Gasteiger partial charge on any atom is 0.401 e. The molecule has 1 aliphatic rings. The van der Waals surface area contributed by atoms with E-state index in [1.165, 1.54) is 4.90 Å². The zero-order valence-corrected chi connectivity index (χ0v) is 9.74. The van der Waals surface area contributed by atoms with Crippen molar-refractivity contribution in [3.05, 3.63) is 35.4 Å². The number of rotatable bonds is 4. The molecule has 0 spiro atoms. The molecule has 0 saturated heterocycles. The van der Waals surface area contributed by atoms with Crippen molar-refractivity contribution < 1.29 is 13.2 Å². The van der Waals surface area contributed by atoms with Crippen molar-refractivity contribution in [3.8, 4) is 6.07 Å². The molecule has 1 aromatic carbocycles. The van der Waals surface area contributed by atoms with E-state index in [4.69, 9.17) is 5.26 Å². The van der Waals surface area contributed by atoms with Gasteiger partial charge in [-0.1, -0.05) is 12.1 Å². The van der Waals surface area contributed by atoms with E-state index in [0.717, 1.165) is 18.4 Å². The molecular formula is C13H13F3N2. The molecule has 0 radical (unpaired) electrons. The Morgan fingerprint density at radius 2 is 1.83 bits per heavy atom. The number of nitriles is 1. The summed E-state index contributed by atoms with van der Waals surface area (Å²) in [5, 5.41) is 8.65. The maximum absolute atomic E-state index is 12.4. The third-order valence-electron chi connectivity index (χ3n) is 2.91. The van der Waals surface area contributed by atoms with Crippen LogP contribution in [0.4, 0.5) is 13.2 Å². The summed E-state index contributed by atoms with van der Waals surface area (Å²) in [5.41, 5.74) is 1.33. The van der Waals surface area contributed by atoms with Gasteiger partial charge in [-0.3, -0.25) is 4.90 Å². The van der Waals surface area contributed by atoms with Gasteiger partial charge in [-0.15, -0.1) is 0 Å². The largest absolute Gasteiger partial charge is 0.401 e. The molecule has 1 saturated carbocycles. The second-order valence-corrected chi connectivity index (χ2v) is 4.56. The third-order valence-corrected chi connectivity index (χ3v) is 2.91. The van der Waals surface area contributed by atoms with E-state index in [1.54, 1.807) is 24.3 Å². The Hall–Kier alpha value is -1.54. The van der Waals surface area contributed by atoms with Gasteiger partial charge in [0.05, 0.1) is 18.2 Å². The van der Waals surface area contributed by atoms with Crippen molar-refractivity contribution in [2.75, 3.05) is 6.54 Å². The van der Waals surface area contributed by atoms with Gasteiger partial charge in [0.15, 0.2) is 0 Å². The van der Waals surface area contributed by atoms with Crippen molar-refractivity contribution in [1.29, 1.82) is 5.26 Å². The summed E-state index contributed by atoms with van der Waals surface area (Å²) >= 11 is 0. The van der Waals surface area contributed by atoms with Crippen LogP contribution in [0.5, 0.6) is 0 Å². The number of nitrogens with zero attached hydrogens (tertiary/aromatic N) is 2. The van der Waals surface area contributed by atoms with Crippen LogP contribution in [0.25, 0.3) is 0 Å². The second kappa shape index (κ2) is 4.99. The van der Waals surface area contributed by atoms with Crippen LogP contribution in [0.15, 0.2) is 24.3 Å².